The van der Waals surface area contributed by atoms with Gasteiger partial charge in [0, 0.05) is 5.69 Å². The highest BCUT2D eigenvalue weighted by molar-refractivity contribution is 7.92. The Morgan fingerprint density at radius 2 is 1.91 bits per heavy atom. The Morgan fingerprint density at radius 1 is 1.14 bits per heavy atom. The first-order valence-corrected chi connectivity index (χ1v) is 8.85. The van der Waals surface area contributed by atoms with E-state index in [1.807, 2.05) is 32.9 Å². The van der Waals surface area contributed by atoms with Crippen molar-refractivity contribution >= 4 is 27.2 Å². The number of aromatic nitrogens is 1. The van der Waals surface area contributed by atoms with E-state index >= 15 is 0 Å². The van der Waals surface area contributed by atoms with Crippen molar-refractivity contribution in [1.82, 2.24) is 4.98 Å². The van der Waals surface area contributed by atoms with E-state index in [2.05, 4.69) is 21.1 Å². The molecule has 0 amide bonds. The summed E-state index contributed by atoms with van der Waals surface area (Å²) in [7, 11) is -3.28. The van der Waals surface area contributed by atoms with Crippen molar-refractivity contribution in [2.75, 3.05) is 15.8 Å². The zero-order valence-electron chi connectivity index (χ0n) is 13.1. The highest BCUT2D eigenvalue weighted by Crippen LogP contribution is 2.21. The van der Waals surface area contributed by atoms with Crippen LogP contribution in [-0.2, 0) is 10.0 Å². The summed E-state index contributed by atoms with van der Waals surface area (Å²) in [5.74, 6) is 0.778. The second kappa shape index (κ2) is 6.79. The van der Waals surface area contributed by atoms with Crippen LogP contribution in [0.2, 0.25) is 0 Å². The van der Waals surface area contributed by atoms with E-state index in [9.17, 15) is 8.42 Å². The monoisotopic (exact) mass is 319 g/mol. The van der Waals surface area contributed by atoms with Crippen molar-refractivity contribution in [3.63, 3.8) is 0 Å². The summed E-state index contributed by atoms with van der Waals surface area (Å²) < 4.78 is 25.9. The van der Waals surface area contributed by atoms with Crippen molar-refractivity contribution in [3.8, 4) is 0 Å². The number of nitrogens with zero attached hydrogens (tertiary/aromatic N) is 1. The molecule has 0 radical (unpaired) electrons. The number of hydrogen-bond acceptors (Lipinski definition) is 4. The Balaban J connectivity index is 2.09. The highest BCUT2D eigenvalue weighted by atomic mass is 32.2. The molecule has 6 heteroatoms. The van der Waals surface area contributed by atoms with Crippen LogP contribution < -0.4 is 10.0 Å². The predicted molar refractivity (Wildman–Crippen MR) is 91.1 cm³/mol. The second-order valence-corrected chi connectivity index (χ2v) is 7.14. The molecule has 22 heavy (non-hydrogen) atoms. The van der Waals surface area contributed by atoms with E-state index in [1.165, 1.54) is 11.8 Å². The molecule has 0 aliphatic heterocycles. The number of sulfonamides is 1. The van der Waals surface area contributed by atoms with Crippen molar-refractivity contribution in [2.24, 2.45) is 0 Å². The number of rotatable bonds is 6. The first kappa shape index (κ1) is 16.3. The maximum atomic E-state index is 11.7. The van der Waals surface area contributed by atoms with Crippen LogP contribution in [0.1, 0.15) is 24.5 Å². The number of anilines is 3. The number of benzene rings is 1. The Bertz CT molecular complexity index is 740. The minimum Gasteiger partial charge on any atom is -0.340 e. The van der Waals surface area contributed by atoms with Gasteiger partial charge in [-0.3, -0.25) is 4.72 Å². The summed E-state index contributed by atoms with van der Waals surface area (Å²) in [6.07, 6.45) is 2.09. The third kappa shape index (κ3) is 4.46. The number of nitrogens with one attached hydrogen (secondary N) is 2. The van der Waals surface area contributed by atoms with Gasteiger partial charge in [0.25, 0.3) is 0 Å². The van der Waals surface area contributed by atoms with Crippen molar-refractivity contribution in [2.45, 2.75) is 27.2 Å². The molecule has 1 aromatic carbocycles. The largest absolute Gasteiger partial charge is 0.340 e. The molecule has 0 aliphatic rings. The molecule has 0 aliphatic carbocycles. The molecule has 2 N–H and O–H groups in total. The van der Waals surface area contributed by atoms with Crippen molar-refractivity contribution < 1.29 is 8.42 Å². The van der Waals surface area contributed by atoms with Crippen LogP contribution in [0, 0.1) is 13.8 Å². The van der Waals surface area contributed by atoms with E-state index < -0.39 is 10.0 Å². The summed E-state index contributed by atoms with van der Waals surface area (Å²) in [5, 5.41) is 3.23. The number of aryl methyl sites for hydroxylation is 2. The van der Waals surface area contributed by atoms with Gasteiger partial charge in [-0.1, -0.05) is 24.6 Å². The SMILES string of the molecule is CCCS(=O)(=O)Nc1ccc(Nc2ccc(C)cc2C)nc1. The van der Waals surface area contributed by atoms with E-state index in [0.29, 0.717) is 17.9 Å². The van der Waals surface area contributed by atoms with Gasteiger partial charge in [-0.25, -0.2) is 13.4 Å². The third-order valence-electron chi connectivity index (χ3n) is 3.15. The van der Waals surface area contributed by atoms with Crippen LogP contribution in [-0.4, -0.2) is 19.2 Å². The lowest BCUT2D eigenvalue weighted by Gasteiger charge is -2.11. The van der Waals surface area contributed by atoms with E-state index in [-0.39, 0.29) is 5.75 Å². The second-order valence-electron chi connectivity index (χ2n) is 5.30. The summed E-state index contributed by atoms with van der Waals surface area (Å²) >= 11 is 0. The zero-order valence-corrected chi connectivity index (χ0v) is 13.9. The molecule has 0 spiro atoms. The molecule has 1 aromatic heterocycles. The average molecular weight is 319 g/mol. The normalized spacial score (nSPS) is 11.2. The van der Waals surface area contributed by atoms with Gasteiger partial charge in [0.05, 0.1) is 17.6 Å². The number of hydrogen-bond donors (Lipinski definition) is 2. The van der Waals surface area contributed by atoms with Crippen LogP contribution in [0.25, 0.3) is 0 Å². The quantitative estimate of drug-likeness (QED) is 0.853. The van der Waals surface area contributed by atoms with Crippen LogP contribution in [0.5, 0.6) is 0 Å². The topological polar surface area (TPSA) is 71.1 Å². The summed E-state index contributed by atoms with van der Waals surface area (Å²) in [6, 6.07) is 9.58. The Morgan fingerprint density at radius 3 is 2.50 bits per heavy atom. The standard InChI is InChI=1S/C16H21N3O2S/c1-4-9-22(20,21)19-14-6-8-16(17-11-14)18-15-7-5-12(2)10-13(15)3/h5-8,10-11,19H,4,9H2,1-3H3,(H,17,18). The molecule has 0 bridgehead atoms. The zero-order chi connectivity index (χ0) is 16.2. The van der Waals surface area contributed by atoms with Crippen molar-refractivity contribution in [3.05, 3.63) is 47.7 Å². The first-order chi connectivity index (χ1) is 10.4. The Labute approximate surface area is 131 Å². The van der Waals surface area contributed by atoms with Crippen LogP contribution in [0.4, 0.5) is 17.2 Å². The van der Waals surface area contributed by atoms with Gasteiger partial charge in [-0.05, 0) is 44.0 Å². The lowest BCUT2D eigenvalue weighted by Crippen LogP contribution is -2.16. The fraction of sp³-hybridized carbons (Fsp3) is 0.312. The highest BCUT2D eigenvalue weighted by Gasteiger charge is 2.09. The van der Waals surface area contributed by atoms with Gasteiger partial charge in [0.15, 0.2) is 0 Å². The molecule has 2 rings (SSSR count). The van der Waals surface area contributed by atoms with Gasteiger partial charge in [-0.2, -0.15) is 0 Å². The molecule has 0 saturated heterocycles. The summed E-state index contributed by atoms with van der Waals surface area (Å²) in [4.78, 5) is 4.24. The van der Waals surface area contributed by atoms with Crippen molar-refractivity contribution in [1.29, 1.82) is 0 Å². The Hall–Kier alpha value is -2.08. The van der Waals surface area contributed by atoms with Gasteiger partial charge >= 0.3 is 0 Å². The maximum Gasteiger partial charge on any atom is 0.232 e. The fourth-order valence-electron chi connectivity index (χ4n) is 2.12. The molecule has 2 aromatic rings. The molecule has 0 unspecified atom stereocenters. The molecule has 0 atom stereocenters. The van der Waals surface area contributed by atoms with Gasteiger partial charge in [0.1, 0.15) is 5.82 Å². The van der Waals surface area contributed by atoms with E-state index in [1.54, 1.807) is 12.1 Å². The third-order valence-corrected chi connectivity index (χ3v) is 4.65. The van der Waals surface area contributed by atoms with Gasteiger partial charge in [0.2, 0.25) is 10.0 Å². The van der Waals surface area contributed by atoms with Gasteiger partial charge in [-0.15, -0.1) is 0 Å². The maximum absolute atomic E-state index is 11.7. The molecular formula is C16H21N3O2S. The lowest BCUT2D eigenvalue weighted by atomic mass is 10.1. The summed E-state index contributed by atoms with van der Waals surface area (Å²) in [6.45, 7) is 5.91. The molecular weight excluding hydrogens is 298 g/mol. The smallest absolute Gasteiger partial charge is 0.232 e. The predicted octanol–water partition coefficient (Wildman–Crippen LogP) is 3.59. The van der Waals surface area contributed by atoms with E-state index in [4.69, 9.17) is 0 Å². The molecule has 5 nitrogen and oxygen atoms in total. The fourth-order valence-corrected chi connectivity index (χ4v) is 3.24. The molecule has 0 fully saturated rings. The average Bonchev–Trinajstić information content (AvgIpc) is 2.43. The minimum absolute atomic E-state index is 0.107. The molecule has 1 heterocycles. The molecule has 0 saturated carbocycles. The first-order valence-electron chi connectivity index (χ1n) is 7.20. The lowest BCUT2D eigenvalue weighted by molar-refractivity contribution is 0.600. The van der Waals surface area contributed by atoms with Crippen LogP contribution in [0.3, 0.4) is 0 Å². The van der Waals surface area contributed by atoms with Gasteiger partial charge < -0.3 is 5.32 Å². The van der Waals surface area contributed by atoms with Crippen LogP contribution >= 0.6 is 0 Å². The summed E-state index contributed by atoms with van der Waals surface area (Å²) in [5.41, 5.74) is 3.79. The number of pyridine rings is 1. The van der Waals surface area contributed by atoms with E-state index in [0.717, 1.165) is 11.3 Å². The Kier molecular flexibility index (Phi) is 5.03. The molecule has 118 valence electrons. The van der Waals surface area contributed by atoms with Crippen LogP contribution in [0.15, 0.2) is 36.5 Å². The minimum atomic E-state index is -3.28.